The van der Waals surface area contributed by atoms with E-state index in [0.29, 0.717) is 30.8 Å². The number of nitrogens with one attached hydrogen (secondary N) is 1. The van der Waals surface area contributed by atoms with Crippen molar-refractivity contribution in [1.29, 1.82) is 0 Å². The van der Waals surface area contributed by atoms with Crippen molar-refractivity contribution in [1.82, 2.24) is 20.2 Å². The first kappa shape index (κ1) is 22.8. The summed E-state index contributed by atoms with van der Waals surface area (Å²) in [6.45, 7) is 3.38. The summed E-state index contributed by atoms with van der Waals surface area (Å²) in [6, 6.07) is 13.5. The van der Waals surface area contributed by atoms with Gasteiger partial charge in [-0.25, -0.2) is 4.98 Å². The van der Waals surface area contributed by atoms with Crippen LogP contribution in [0, 0.1) is 0 Å². The Morgan fingerprint density at radius 2 is 2.03 bits per heavy atom. The Balaban J connectivity index is 1.79. The number of fused-ring (bicyclic) bond motifs is 1. The number of para-hydroxylation sites is 1. The Morgan fingerprint density at radius 3 is 2.76 bits per heavy atom. The van der Waals surface area contributed by atoms with Gasteiger partial charge in [-0.3, -0.25) is 14.7 Å². The summed E-state index contributed by atoms with van der Waals surface area (Å²) in [5.41, 5.74) is 7.52. The van der Waals surface area contributed by atoms with E-state index >= 15 is 0 Å². The maximum absolute atomic E-state index is 14.1. The molecule has 0 saturated carbocycles. The molecule has 1 fully saturated rings. The first-order chi connectivity index (χ1) is 16.2. The van der Waals surface area contributed by atoms with Gasteiger partial charge < -0.3 is 15.8 Å². The minimum atomic E-state index is -0.947. The Morgan fingerprint density at radius 1 is 1.18 bits per heavy atom. The van der Waals surface area contributed by atoms with Gasteiger partial charge in [0.1, 0.15) is 5.54 Å². The highest BCUT2D eigenvalue weighted by molar-refractivity contribution is 6.12. The van der Waals surface area contributed by atoms with E-state index < -0.39 is 5.54 Å². The van der Waals surface area contributed by atoms with Gasteiger partial charge in [0, 0.05) is 48.5 Å². The number of ether oxygens (including phenoxy) is 1. The highest BCUT2D eigenvalue weighted by Crippen LogP contribution is 2.27. The molecular weight excluding hydrogens is 414 g/mol. The number of carbonyl (C=O) groups is 1. The van der Waals surface area contributed by atoms with E-state index in [1.54, 1.807) is 18.5 Å². The van der Waals surface area contributed by atoms with E-state index in [9.17, 15) is 4.79 Å². The van der Waals surface area contributed by atoms with Gasteiger partial charge in [0.15, 0.2) is 5.78 Å². The van der Waals surface area contributed by atoms with Gasteiger partial charge in [0.25, 0.3) is 0 Å². The van der Waals surface area contributed by atoms with Crippen molar-refractivity contribution in [2.45, 2.75) is 5.54 Å². The van der Waals surface area contributed by atoms with Crippen molar-refractivity contribution in [3.05, 3.63) is 84.8 Å². The summed E-state index contributed by atoms with van der Waals surface area (Å²) in [5, 5.41) is 4.21. The number of benzene rings is 1. The molecule has 0 amide bonds. The van der Waals surface area contributed by atoms with Crippen LogP contribution in [0.5, 0.6) is 0 Å². The second-order valence-corrected chi connectivity index (χ2v) is 8.00. The molecule has 1 unspecified atom stereocenters. The predicted molar refractivity (Wildman–Crippen MR) is 131 cm³/mol. The van der Waals surface area contributed by atoms with Gasteiger partial charge in [-0.15, -0.1) is 0 Å². The monoisotopic (exact) mass is 443 g/mol. The molecule has 3 heterocycles. The van der Waals surface area contributed by atoms with E-state index in [0.717, 1.165) is 29.7 Å². The second kappa shape index (κ2) is 10.5. The zero-order chi connectivity index (χ0) is 23.1. The fraction of sp³-hybridized carbons (Fsp3) is 0.269. The van der Waals surface area contributed by atoms with E-state index in [2.05, 4.69) is 15.2 Å². The molecule has 1 aliphatic heterocycles. The zero-order valence-electron chi connectivity index (χ0n) is 18.8. The molecular formula is C26H29N5O2. The van der Waals surface area contributed by atoms with E-state index in [1.807, 2.05) is 61.7 Å². The minimum Gasteiger partial charge on any atom is -0.405 e. The number of ketones is 1. The van der Waals surface area contributed by atoms with Crippen LogP contribution in [0.1, 0.15) is 10.4 Å². The number of likely N-dealkylation sites (N-methyl/N-ethyl adjacent to an activating group) is 1. The summed E-state index contributed by atoms with van der Waals surface area (Å²) < 4.78 is 5.50. The third kappa shape index (κ3) is 5.01. The second-order valence-electron chi connectivity index (χ2n) is 8.00. The van der Waals surface area contributed by atoms with Crippen LogP contribution >= 0.6 is 0 Å². The maximum atomic E-state index is 14.1. The molecule has 0 bridgehead atoms. The average molecular weight is 444 g/mol. The van der Waals surface area contributed by atoms with Crippen LogP contribution in [0.15, 0.2) is 79.3 Å². The van der Waals surface area contributed by atoms with Crippen molar-refractivity contribution in [3.8, 4) is 11.3 Å². The minimum absolute atomic E-state index is 0.0420. The van der Waals surface area contributed by atoms with Gasteiger partial charge in [0.2, 0.25) is 0 Å². The molecule has 2 aromatic heterocycles. The molecule has 170 valence electrons. The van der Waals surface area contributed by atoms with Crippen molar-refractivity contribution in [2.75, 3.05) is 39.9 Å². The molecule has 0 aliphatic carbocycles. The highest BCUT2D eigenvalue weighted by atomic mass is 16.5. The van der Waals surface area contributed by atoms with Crippen LogP contribution in [-0.2, 0) is 4.74 Å². The van der Waals surface area contributed by atoms with E-state index in [1.165, 1.54) is 6.20 Å². The van der Waals surface area contributed by atoms with E-state index in [4.69, 9.17) is 15.5 Å². The number of hydrogen-bond donors (Lipinski definition) is 2. The van der Waals surface area contributed by atoms with E-state index in [-0.39, 0.29) is 5.78 Å². The lowest BCUT2D eigenvalue weighted by Gasteiger charge is -2.37. The van der Waals surface area contributed by atoms with Gasteiger partial charge in [-0.05, 0) is 43.6 Å². The number of carbonyl (C=O) groups excluding carboxylic acids is 1. The Labute approximate surface area is 194 Å². The Hall–Kier alpha value is -3.39. The molecule has 33 heavy (non-hydrogen) atoms. The highest BCUT2D eigenvalue weighted by Gasteiger charge is 2.38. The largest absolute Gasteiger partial charge is 0.405 e. The smallest absolute Gasteiger partial charge is 0.190 e. The number of nitrogens with two attached hydrogens (primary N) is 1. The first-order valence-corrected chi connectivity index (χ1v) is 11.1. The summed E-state index contributed by atoms with van der Waals surface area (Å²) in [7, 11) is 1.81. The van der Waals surface area contributed by atoms with Crippen molar-refractivity contribution in [2.24, 2.45) is 5.73 Å². The number of Topliss-reactive ketones (excluding diaryl/α,β-unsaturated/α-hetero) is 1. The standard InChI is InChI=1S/C26H29N5O2/c1-28-26(11-2-3-12-27,19-31-14-16-33-17-15-31)25(32)22-8-4-6-20-9-10-23(30-24(20)22)21-7-5-13-29-18-21/h2-13,18,28H,14-17,19,27H2,1H3/b11-2-,12-3+. The summed E-state index contributed by atoms with van der Waals surface area (Å²) in [6.07, 6.45) is 10.4. The van der Waals surface area contributed by atoms with Crippen LogP contribution in [0.4, 0.5) is 0 Å². The van der Waals surface area contributed by atoms with Crippen LogP contribution in [0.25, 0.3) is 22.2 Å². The van der Waals surface area contributed by atoms with Crippen molar-refractivity contribution in [3.63, 3.8) is 0 Å². The van der Waals surface area contributed by atoms with Gasteiger partial charge >= 0.3 is 0 Å². The fourth-order valence-corrected chi connectivity index (χ4v) is 4.12. The zero-order valence-corrected chi connectivity index (χ0v) is 18.8. The number of nitrogens with zero attached hydrogens (tertiary/aromatic N) is 3. The molecule has 0 spiro atoms. The van der Waals surface area contributed by atoms with Crippen molar-refractivity contribution < 1.29 is 9.53 Å². The lowest BCUT2D eigenvalue weighted by atomic mass is 9.86. The number of allylic oxidation sites excluding steroid dienone is 2. The van der Waals surface area contributed by atoms with Crippen molar-refractivity contribution >= 4 is 16.7 Å². The quantitative estimate of drug-likeness (QED) is 0.408. The first-order valence-electron chi connectivity index (χ1n) is 11.1. The Kier molecular flexibility index (Phi) is 7.24. The number of aromatic nitrogens is 2. The molecule has 1 aliphatic rings. The summed E-state index contributed by atoms with van der Waals surface area (Å²) in [4.78, 5) is 25.5. The molecule has 1 saturated heterocycles. The molecule has 3 N–H and O–H groups in total. The maximum Gasteiger partial charge on any atom is 0.190 e. The molecule has 7 heteroatoms. The number of hydrogen-bond acceptors (Lipinski definition) is 7. The van der Waals surface area contributed by atoms with Gasteiger partial charge in [-0.1, -0.05) is 30.4 Å². The van der Waals surface area contributed by atoms with Crippen LogP contribution in [-0.4, -0.2) is 66.1 Å². The number of morpholine rings is 1. The Bertz CT molecular complexity index is 1160. The third-order valence-electron chi connectivity index (χ3n) is 5.95. The lowest BCUT2D eigenvalue weighted by molar-refractivity contribution is 0.0282. The van der Waals surface area contributed by atoms with Crippen LogP contribution < -0.4 is 11.1 Å². The number of rotatable bonds is 8. The normalized spacial score (nSPS) is 17.0. The predicted octanol–water partition coefficient (Wildman–Crippen LogP) is 2.80. The van der Waals surface area contributed by atoms with Crippen LogP contribution in [0.3, 0.4) is 0 Å². The van der Waals surface area contributed by atoms with Crippen LogP contribution in [0.2, 0.25) is 0 Å². The topological polar surface area (TPSA) is 93.4 Å². The summed E-state index contributed by atoms with van der Waals surface area (Å²) in [5.74, 6) is -0.0420. The average Bonchev–Trinajstić information content (AvgIpc) is 2.88. The third-order valence-corrected chi connectivity index (χ3v) is 5.95. The molecule has 1 atom stereocenters. The van der Waals surface area contributed by atoms with Gasteiger partial charge in [0.05, 0.1) is 24.4 Å². The van der Waals surface area contributed by atoms with Gasteiger partial charge in [-0.2, -0.15) is 0 Å². The molecule has 3 aromatic rings. The summed E-state index contributed by atoms with van der Waals surface area (Å²) >= 11 is 0. The molecule has 1 aromatic carbocycles. The molecule has 7 nitrogen and oxygen atoms in total. The molecule has 4 rings (SSSR count). The fourth-order valence-electron chi connectivity index (χ4n) is 4.12. The lowest BCUT2D eigenvalue weighted by Crippen LogP contribution is -2.58. The number of pyridine rings is 2. The SMILES string of the molecule is CNC(/C=C\C=C\N)(CN1CCOCC1)C(=O)c1cccc2ccc(-c3cccnc3)nc12. The molecule has 0 radical (unpaired) electrons.